The molecule has 2 aromatic carbocycles. The molecule has 0 radical (unpaired) electrons. The SMILES string of the molecule is CCCCc1ccc(C)c(Oc2c(C)ccc(CCCC)c2O)c1O. The average Bonchev–Trinajstić information content (AvgIpc) is 2.59. The van der Waals surface area contributed by atoms with Crippen molar-refractivity contribution in [1.29, 1.82) is 0 Å². The Kier molecular flexibility index (Phi) is 6.74. The van der Waals surface area contributed by atoms with Gasteiger partial charge < -0.3 is 14.9 Å². The second kappa shape index (κ2) is 8.80. The summed E-state index contributed by atoms with van der Waals surface area (Å²) in [6, 6.07) is 7.84. The molecule has 0 heterocycles. The smallest absolute Gasteiger partial charge is 0.172 e. The fraction of sp³-hybridized carbons (Fsp3) is 0.455. The Hall–Kier alpha value is -2.16. The number of aromatic hydroxyl groups is 2. The molecule has 25 heavy (non-hydrogen) atoms. The summed E-state index contributed by atoms with van der Waals surface area (Å²) < 4.78 is 6.04. The van der Waals surface area contributed by atoms with E-state index in [1.807, 2.05) is 38.1 Å². The van der Waals surface area contributed by atoms with Crippen LogP contribution in [0.25, 0.3) is 0 Å². The van der Waals surface area contributed by atoms with Crippen molar-refractivity contribution in [1.82, 2.24) is 0 Å². The molecule has 0 bridgehead atoms. The first-order valence-electron chi connectivity index (χ1n) is 9.30. The van der Waals surface area contributed by atoms with Gasteiger partial charge in [0.05, 0.1) is 0 Å². The molecule has 136 valence electrons. The molecular formula is C22H30O3. The van der Waals surface area contributed by atoms with Crippen LogP contribution in [0.2, 0.25) is 0 Å². The minimum absolute atomic E-state index is 0.186. The van der Waals surface area contributed by atoms with Gasteiger partial charge in [-0.1, -0.05) is 51.0 Å². The van der Waals surface area contributed by atoms with Crippen molar-refractivity contribution in [3.8, 4) is 23.0 Å². The lowest BCUT2D eigenvalue weighted by Crippen LogP contribution is -1.97. The molecule has 2 aromatic rings. The van der Waals surface area contributed by atoms with E-state index in [9.17, 15) is 10.2 Å². The molecule has 0 aromatic heterocycles. The van der Waals surface area contributed by atoms with Crippen molar-refractivity contribution >= 4 is 0 Å². The maximum Gasteiger partial charge on any atom is 0.172 e. The predicted molar refractivity (Wildman–Crippen MR) is 103 cm³/mol. The van der Waals surface area contributed by atoms with Crippen LogP contribution in [0.1, 0.15) is 61.8 Å². The third-order valence-electron chi connectivity index (χ3n) is 4.63. The average molecular weight is 342 g/mol. The Morgan fingerprint density at radius 1 is 0.720 bits per heavy atom. The highest BCUT2D eigenvalue weighted by Crippen LogP contribution is 2.43. The molecule has 0 saturated heterocycles. The van der Waals surface area contributed by atoms with Gasteiger partial charge in [-0.15, -0.1) is 0 Å². The van der Waals surface area contributed by atoms with Gasteiger partial charge in [-0.3, -0.25) is 0 Å². The molecule has 0 atom stereocenters. The van der Waals surface area contributed by atoms with Crippen LogP contribution in [-0.4, -0.2) is 10.2 Å². The van der Waals surface area contributed by atoms with Crippen molar-refractivity contribution in [2.24, 2.45) is 0 Å². The molecule has 0 aliphatic heterocycles. The van der Waals surface area contributed by atoms with E-state index in [0.717, 1.165) is 60.8 Å². The minimum Gasteiger partial charge on any atom is -0.504 e. The van der Waals surface area contributed by atoms with Gasteiger partial charge in [-0.2, -0.15) is 0 Å². The van der Waals surface area contributed by atoms with Crippen LogP contribution in [0, 0.1) is 13.8 Å². The van der Waals surface area contributed by atoms with Gasteiger partial charge in [0, 0.05) is 0 Å². The molecule has 2 N–H and O–H groups in total. The number of hydrogen-bond donors (Lipinski definition) is 2. The van der Waals surface area contributed by atoms with E-state index < -0.39 is 0 Å². The van der Waals surface area contributed by atoms with Crippen LogP contribution in [0.4, 0.5) is 0 Å². The normalized spacial score (nSPS) is 10.9. The van der Waals surface area contributed by atoms with E-state index in [-0.39, 0.29) is 11.5 Å². The highest BCUT2D eigenvalue weighted by atomic mass is 16.5. The molecule has 2 rings (SSSR count). The van der Waals surface area contributed by atoms with Gasteiger partial charge >= 0.3 is 0 Å². The number of rotatable bonds is 8. The summed E-state index contributed by atoms with van der Waals surface area (Å²) in [6.45, 7) is 8.08. The van der Waals surface area contributed by atoms with E-state index in [0.29, 0.717) is 11.5 Å². The Bertz CT molecular complexity index is 658. The number of phenolic OH excluding ortho intramolecular Hbond substituents is 2. The molecule has 0 saturated carbocycles. The highest BCUT2D eigenvalue weighted by Gasteiger charge is 2.17. The Morgan fingerprint density at radius 3 is 1.48 bits per heavy atom. The standard InChI is InChI=1S/C22H30O3/c1-5-7-9-17-13-11-15(3)21(19(17)23)25-22-16(4)12-14-18(20(22)24)10-8-6-2/h11-14,23-24H,5-10H2,1-4H3. The number of ether oxygens (including phenoxy) is 1. The number of unbranched alkanes of at least 4 members (excludes halogenated alkanes) is 2. The van der Waals surface area contributed by atoms with Crippen molar-refractivity contribution in [2.45, 2.75) is 66.2 Å². The zero-order valence-electron chi connectivity index (χ0n) is 15.9. The lowest BCUT2D eigenvalue weighted by Gasteiger charge is -2.17. The number of aryl methyl sites for hydroxylation is 4. The maximum atomic E-state index is 10.6. The van der Waals surface area contributed by atoms with E-state index >= 15 is 0 Å². The van der Waals surface area contributed by atoms with Crippen LogP contribution in [0.15, 0.2) is 24.3 Å². The van der Waals surface area contributed by atoms with Gasteiger partial charge in [-0.25, -0.2) is 0 Å². The molecular weight excluding hydrogens is 312 g/mol. The van der Waals surface area contributed by atoms with Crippen molar-refractivity contribution < 1.29 is 14.9 Å². The van der Waals surface area contributed by atoms with E-state index in [1.54, 1.807) is 0 Å². The van der Waals surface area contributed by atoms with Crippen molar-refractivity contribution in [3.05, 3.63) is 46.5 Å². The zero-order chi connectivity index (χ0) is 18.4. The van der Waals surface area contributed by atoms with E-state index in [4.69, 9.17) is 4.74 Å². The molecule has 0 amide bonds. The van der Waals surface area contributed by atoms with Gasteiger partial charge in [0.15, 0.2) is 23.0 Å². The predicted octanol–water partition coefficient (Wildman–Crippen LogP) is 6.19. The summed E-state index contributed by atoms with van der Waals surface area (Å²) in [7, 11) is 0. The summed E-state index contributed by atoms with van der Waals surface area (Å²) >= 11 is 0. The molecule has 0 aliphatic rings. The molecule has 3 nitrogen and oxygen atoms in total. The van der Waals surface area contributed by atoms with Crippen LogP contribution < -0.4 is 4.74 Å². The number of benzene rings is 2. The van der Waals surface area contributed by atoms with Crippen LogP contribution in [0.5, 0.6) is 23.0 Å². The monoisotopic (exact) mass is 342 g/mol. The van der Waals surface area contributed by atoms with Gasteiger partial charge in [0.1, 0.15) is 0 Å². The van der Waals surface area contributed by atoms with Crippen molar-refractivity contribution in [2.75, 3.05) is 0 Å². The minimum atomic E-state index is 0.186. The summed E-state index contributed by atoms with van der Waals surface area (Å²) in [5.74, 6) is 1.26. The van der Waals surface area contributed by atoms with Crippen LogP contribution in [0.3, 0.4) is 0 Å². The largest absolute Gasteiger partial charge is 0.504 e. The summed E-state index contributed by atoms with van der Waals surface area (Å²) in [5.41, 5.74) is 3.49. The van der Waals surface area contributed by atoms with E-state index in [2.05, 4.69) is 13.8 Å². The van der Waals surface area contributed by atoms with Crippen molar-refractivity contribution in [3.63, 3.8) is 0 Å². The first kappa shape index (κ1) is 19.2. The lowest BCUT2D eigenvalue weighted by molar-refractivity contribution is 0.376. The Balaban J connectivity index is 2.39. The molecule has 0 unspecified atom stereocenters. The lowest BCUT2D eigenvalue weighted by atomic mass is 10.0. The molecule has 0 spiro atoms. The van der Waals surface area contributed by atoms with E-state index in [1.165, 1.54) is 0 Å². The topological polar surface area (TPSA) is 49.7 Å². The first-order chi connectivity index (χ1) is 12.0. The second-order valence-electron chi connectivity index (χ2n) is 6.75. The summed E-state index contributed by atoms with van der Waals surface area (Å²) in [5, 5.41) is 21.3. The fourth-order valence-electron chi connectivity index (χ4n) is 2.92. The molecule has 0 fully saturated rings. The Labute approximate surface area is 151 Å². The fourth-order valence-corrected chi connectivity index (χ4v) is 2.92. The van der Waals surface area contributed by atoms with Gasteiger partial charge in [-0.05, 0) is 61.8 Å². The Morgan fingerprint density at radius 2 is 1.12 bits per heavy atom. The molecule has 3 heteroatoms. The summed E-state index contributed by atoms with van der Waals surface area (Å²) in [4.78, 5) is 0. The third kappa shape index (κ3) is 4.47. The zero-order valence-corrected chi connectivity index (χ0v) is 15.9. The van der Waals surface area contributed by atoms with Gasteiger partial charge in [0.2, 0.25) is 0 Å². The highest BCUT2D eigenvalue weighted by molar-refractivity contribution is 5.57. The third-order valence-corrected chi connectivity index (χ3v) is 4.63. The quantitative estimate of drug-likeness (QED) is 0.601. The first-order valence-corrected chi connectivity index (χ1v) is 9.30. The van der Waals surface area contributed by atoms with Gasteiger partial charge in [0.25, 0.3) is 0 Å². The number of phenols is 2. The second-order valence-corrected chi connectivity index (χ2v) is 6.75. The number of hydrogen-bond acceptors (Lipinski definition) is 3. The maximum absolute atomic E-state index is 10.6. The molecule has 0 aliphatic carbocycles. The van der Waals surface area contributed by atoms with Crippen LogP contribution >= 0.6 is 0 Å². The summed E-state index contributed by atoms with van der Waals surface area (Å²) in [6.07, 6.45) is 5.83. The van der Waals surface area contributed by atoms with Crippen LogP contribution in [-0.2, 0) is 12.8 Å².